The molecule has 31 heavy (non-hydrogen) atoms. The van der Waals surface area contributed by atoms with Gasteiger partial charge in [0.15, 0.2) is 0 Å². The molecule has 1 amide bonds. The summed E-state index contributed by atoms with van der Waals surface area (Å²) in [5.74, 6) is -0.572. The van der Waals surface area contributed by atoms with Gasteiger partial charge >= 0.3 is 0 Å². The van der Waals surface area contributed by atoms with E-state index in [1.54, 1.807) is 48.5 Å². The Hall–Kier alpha value is -1.61. The number of halogens is 4. The molecule has 0 aliphatic heterocycles. The van der Waals surface area contributed by atoms with Crippen LogP contribution in [-0.4, -0.2) is 25.2 Å². The van der Waals surface area contributed by atoms with Crippen LogP contribution in [0.3, 0.4) is 0 Å². The van der Waals surface area contributed by atoms with Gasteiger partial charge in [-0.3, -0.25) is 4.79 Å². The summed E-state index contributed by atoms with van der Waals surface area (Å²) >= 11 is 21.6. The van der Waals surface area contributed by atoms with Crippen LogP contribution in [-0.2, 0) is 21.4 Å². The van der Waals surface area contributed by atoms with Crippen molar-refractivity contribution in [2.45, 2.75) is 11.4 Å². The highest BCUT2D eigenvalue weighted by atomic mass is 79.9. The fraction of sp³-hybridized carbons (Fsp3) is 0.0952. The number of carbonyl (C=O) groups excluding carboxylic acids is 1. The van der Waals surface area contributed by atoms with E-state index in [4.69, 9.17) is 34.8 Å². The van der Waals surface area contributed by atoms with Gasteiger partial charge in [-0.25, -0.2) is 8.42 Å². The molecule has 162 valence electrons. The molecule has 3 aromatic rings. The maximum atomic E-state index is 13.3. The third-order valence-electron chi connectivity index (χ3n) is 4.28. The molecular weight excluding hydrogens is 547 g/mol. The van der Waals surface area contributed by atoms with Crippen molar-refractivity contribution in [1.82, 2.24) is 4.31 Å². The number of hydrogen-bond acceptors (Lipinski definition) is 3. The number of nitrogens with one attached hydrogen (secondary N) is 1. The molecule has 10 heteroatoms. The number of benzene rings is 3. The molecule has 0 saturated heterocycles. The molecule has 0 fully saturated rings. The third-order valence-corrected chi connectivity index (χ3v) is 7.55. The molecule has 0 unspecified atom stereocenters. The van der Waals surface area contributed by atoms with E-state index < -0.39 is 22.5 Å². The minimum absolute atomic E-state index is 0.0522. The largest absolute Gasteiger partial charge is 0.324 e. The molecule has 1 N–H and O–H groups in total. The second kappa shape index (κ2) is 10.3. The van der Waals surface area contributed by atoms with E-state index in [0.717, 1.165) is 8.78 Å². The van der Waals surface area contributed by atoms with Crippen LogP contribution in [0.1, 0.15) is 5.56 Å². The van der Waals surface area contributed by atoms with Crippen molar-refractivity contribution in [2.75, 3.05) is 11.9 Å². The quantitative estimate of drug-likeness (QED) is 0.371. The molecule has 0 atom stereocenters. The summed E-state index contributed by atoms with van der Waals surface area (Å²) < 4.78 is 28.4. The highest BCUT2D eigenvalue weighted by Gasteiger charge is 2.27. The molecule has 5 nitrogen and oxygen atoms in total. The Labute approximate surface area is 204 Å². The Kier molecular flexibility index (Phi) is 8.02. The molecular formula is C21H16BrCl3N2O3S. The minimum atomic E-state index is -4.00. The first-order valence-electron chi connectivity index (χ1n) is 8.91. The summed E-state index contributed by atoms with van der Waals surface area (Å²) in [6.07, 6.45) is 0. The van der Waals surface area contributed by atoms with Crippen molar-refractivity contribution < 1.29 is 13.2 Å². The molecule has 0 heterocycles. The van der Waals surface area contributed by atoms with E-state index in [1.165, 1.54) is 18.2 Å². The van der Waals surface area contributed by atoms with Crippen LogP contribution >= 0.6 is 50.7 Å². The average Bonchev–Trinajstić information content (AvgIpc) is 2.72. The Morgan fingerprint density at radius 2 is 1.61 bits per heavy atom. The lowest BCUT2D eigenvalue weighted by Crippen LogP contribution is -2.37. The molecule has 3 aromatic carbocycles. The lowest BCUT2D eigenvalue weighted by atomic mass is 10.2. The number of nitrogens with zero attached hydrogens (tertiary/aromatic N) is 1. The average molecular weight is 563 g/mol. The fourth-order valence-corrected chi connectivity index (χ4v) is 4.91. The third kappa shape index (κ3) is 6.22. The summed E-state index contributed by atoms with van der Waals surface area (Å²) in [4.78, 5) is 12.8. The first-order chi connectivity index (χ1) is 14.7. The summed E-state index contributed by atoms with van der Waals surface area (Å²) in [6, 6.07) is 17.6. The van der Waals surface area contributed by atoms with Gasteiger partial charge in [0.05, 0.1) is 22.2 Å². The lowest BCUT2D eigenvalue weighted by molar-refractivity contribution is -0.116. The van der Waals surface area contributed by atoms with Gasteiger partial charge in [0.25, 0.3) is 0 Å². The zero-order valence-corrected chi connectivity index (χ0v) is 20.5. The van der Waals surface area contributed by atoms with Crippen molar-refractivity contribution in [3.8, 4) is 0 Å². The first-order valence-corrected chi connectivity index (χ1v) is 12.3. The Bertz CT molecular complexity index is 1200. The van der Waals surface area contributed by atoms with Gasteiger partial charge in [-0.05, 0) is 54.1 Å². The predicted octanol–water partition coefficient (Wildman–Crippen LogP) is 6.24. The molecule has 0 aromatic heterocycles. The van der Waals surface area contributed by atoms with Gasteiger partial charge in [0.1, 0.15) is 0 Å². The van der Waals surface area contributed by atoms with Crippen LogP contribution in [0.15, 0.2) is 76.1 Å². The topological polar surface area (TPSA) is 66.5 Å². The molecule has 0 aliphatic carbocycles. The monoisotopic (exact) mass is 560 g/mol. The summed E-state index contributed by atoms with van der Waals surface area (Å²) in [7, 11) is -4.00. The number of hydrogen-bond donors (Lipinski definition) is 1. The predicted molar refractivity (Wildman–Crippen MR) is 128 cm³/mol. The molecule has 0 spiro atoms. The van der Waals surface area contributed by atoms with Crippen LogP contribution in [0.5, 0.6) is 0 Å². The number of sulfonamides is 1. The maximum absolute atomic E-state index is 13.3. The maximum Gasteiger partial charge on any atom is 0.243 e. The fourth-order valence-electron chi connectivity index (χ4n) is 2.74. The van der Waals surface area contributed by atoms with Gasteiger partial charge in [-0.15, -0.1) is 0 Å². The van der Waals surface area contributed by atoms with E-state index in [1.807, 2.05) is 0 Å². The highest BCUT2D eigenvalue weighted by molar-refractivity contribution is 9.10. The highest BCUT2D eigenvalue weighted by Crippen LogP contribution is 2.27. The number of carbonyl (C=O) groups is 1. The standard InChI is InChI=1S/C21H16BrCl3N2O3S/c22-15-5-8-17(9-6-15)31(29,30)27(12-14-3-1-2-4-18(14)24)13-21(28)26-20-11-16(23)7-10-19(20)25/h1-11H,12-13H2,(H,26,28). The van der Waals surface area contributed by atoms with Gasteiger partial charge in [-0.1, -0.05) is 68.9 Å². The van der Waals surface area contributed by atoms with Gasteiger partial charge in [0, 0.05) is 21.1 Å². The minimum Gasteiger partial charge on any atom is -0.324 e. The first kappa shape index (κ1) is 24.0. The van der Waals surface area contributed by atoms with Gasteiger partial charge < -0.3 is 5.32 Å². The Morgan fingerprint density at radius 1 is 0.935 bits per heavy atom. The second-order valence-electron chi connectivity index (χ2n) is 6.49. The van der Waals surface area contributed by atoms with Gasteiger partial charge in [-0.2, -0.15) is 4.31 Å². The zero-order chi connectivity index (χ0) is 22.6. The summed E-state index contributed by atoms with van der Waals surface area (Å²) in [5, 5.41) is 3.68. The van der Waals surface area contributed by atoms with Crippen molar-refractivity contribution in [3.63, 3.8) is 0 Å². The number of anilines is 1. The number of amides is 1. The van der Waals surface area contributed by atoms with E-state index in [2.05, 4.69) is 21.2 Å². The Morgan fingerprint density at radius 3 is 2.29 bits per heavy atom. The van der Waals surface area contributed by atoms with Crippen molar-refractivity contribution in [1.29, 1.82) is 0 Å². The summed E-state index contributed by atoms with van der Waals surface area (Å²) in [6.45, 7) is -0.540. The van der Waals surface area contributed by atoms with E-state index in [-0.39, 0.29) is 22.2 Å². The van der Waals surface area contributed by atoms with Crippen LogP contribution in [0.25, 0.3) is 0 Å². The van der Waals surface area contributed by atoms with E-state index in [0.29, 0.717) is 15.6 Å². The van der Waals surface area contributed by atoms with Crippen LogP contribution in [0.4, 0.5) is 5.69 Å². The van der Waals surface area contributed by atoms with Crippen molar-refractivity contribution >= 4 is 72.4 Å². The molecule has 0 radical (unpaired) electrons. The van der Waals surface area contributed by atoms with Gasteiger partial charge in [0.2, 0.25) is 15.9 Å². The van der Waals surface area contributed by atoms with Crippen molar-refractivity contribution in [3.05, 3.63) is 91.8 Å². The van der Waals surface area contributed by atoms with Crippen LogP contribution < -0.4 is 5.32 Å². The van der Waals surface area contributed by atoms with Crippen LogP contribution in [0.2, 0.25) is 15.1 Å². The summed E-state index contributed by atoms with van der Waals surface area (Å²) in [5.41, 5.74) is 0.858. The van der Waals surface area contributed by atoms with E-state index >= 15 is 0 Å². The SMILES string of the molecule is O=C(CN(Cc1ccccc1Cl)S(=O)(=O)c1ccc(Br)cc1)Nc1cc(Cl)ccc1Cl. The molecule has 3 rings (SSSR count). The van der Waals surface area contributed by atoms with Crippen LogP contribution in [0, 0.1) is 0 Å². The normalized spacial score (nSPS) is 11.5. The van der Waals surface area contributed by atoms with Crippen molar-refractivity contribution in [2.24, 2.45) is 0 Å². The van der Waals surface area contributed by atoms with E-state index in [9.17, 15) is 13.2 Å². The zero-order valence-electron chi connectivity index (χ0n) is 15.9. The molecule has 0 aliphatic rings. The smallest absolute Gasteiger partial charge is 0.243 e. The second-order valence-corrected chi connectivity index (χ2v) is 10.6. The molecule has 0 bridgehead atoms. The molecule has 0 saturated carbocycles. The lowest BCUT2D eigenvalue weighted by Gasteiger charge is -2.22. The number of rotatable bonds is 7. The Balaban J connectivity index is 1.91.